The van der Waals surface area contributed by atoms with Crippen LogP contribution in [-0.4, -0.2) is 33.2 Å². The van der Waals surface area contributed by atoms with Crippen molar-refractivity contribution in [2.75, 3.05) is 11.9 Å². The van der Waals surface area contributed by atoms with Crippen LogP contribution in [0.2, 0.25) is 0 Å². The highest BCUT2D eigenvalue weighted by Gasteiger charge is 2.32. The van der Waals surface area contributed by atoms with E-state index < -0.39 is 23.2 Å². The minimum atomic E-state index is -1.02. The quantitative estimate of drug-likeness (QED) is 0.636. The predicted molar refractivity (Wildman–Crippen MR) is 104 cm³/mol. The summed E-state index contributed by atoms with van der Waals surface area (Å²) in [6, 6.07) is 6.25. The molecule has 1 amide bonds. The zero-order valence-corrected chi connectivity index (χ0v) is 16.4. The summed E-state index contributed by atoms with van der Waals surface area (Å²) in [4.78, 5) is 28.7. The fourth-order valence-electron chi connectivity index (χ4n) is 2.43. The van der Waals surface area contributed by atoms with E-state index in [1.54, 1.807) is 50.5 Å². The lowest BCUT2D eigenvalue weighted by Crippen LogP contribution is -2.37. The summed E-state index contributed by atoms with van der Waals surface area (Å²) in [6.07, 6.45) is 2.97. The number of benzene rings is 1. The van der Waals surface area contributed by atoms with E-state index in [1.165, 1.54) is 28.3 Å². The van der Waals surface area contributed by atoms with Crippen molar-refractivity contribution in [1.82, 2.24) is 14.8 Å². The molecular weight excluding hydrogens is 383 g/mol. The van der Waals surface area contributed by atoms with Crippen LogP contribution >= 0.6 is 11.3 Å². The van der Waals surface area contributed by atoms with Gasteiger partial charge < -0.3 is 10.1 Å². The number of halogens is 1. The van der Waals surface area contributed by atoms with Crippen LogP contribution in [0.15, 0.2) is 42.0 Å². The number of ether oxygens (including phenoxy) is 1. The molecule has 0 atom stereocenters. The molecule has 2 heterocycles. The van der Waals surface area contributed by atoms with Crippen LogP contribution in [0.3, 0.4) is 0 Å². The maximum Gasteiger partial charge on any atom is 0.333 e. The third-order valence-electron chi connectivity index (χ3n) is 4.03. The van der Waals surface area contributed by atoms with Crippen LogP contribution in [-0.2, 0) is 15.1 Å². The van der Waals surface area contributed by atoms with E-state index >= 15 is 0 Å². The Labute approximate surface area is 165 Å². The lowest BCUT2D eigenvalue weighted by Gasteiger charge is -2.22. The number of nitrogens with one attached hydrogen (secondary N) is 1. The molecule has 0 unspecified atom stereocenters. The third kappa shape index (κ3) is 3.94. The molecule has 7 nitrogen and oxygen atoms in total. The Bertz CT molecular complexity index is 1010. The van der Waals surface area contributed by atoms with E-state index in [2.05, 4.69) is 15.4 Å². The van der Waals surface area contributed by atoms with Gasteiger partial charge in [0.2, 0.25) is 0 Å². The van der Waals surface area contributed by atoms with Crippen LogP contribution in [0.25, 0.3) is 10.6 Å². The van der Waals surface area contributed by atoms with E-state index in [-0.39, 0.29) is 12.3 Å². The van der Waals surface area contributed by atoms with E-state index in [0.29, 0.717) is 16.3 Å². The molecule has 3 aromatic rings. The van der Waals surface area contributed by atoms with Crippen LogP contribution in [0.4, 0.5) is 10.1 Å². The molecule has 0 spiro atoms. The van der Waals surface area contributed by atoms with Gasteiger partial charge in [-0.25, -0.2) is 14.2 Å². The highest BCUT2D eigenvalue weighted by molar-refractivity contribution is 7.13. The third-order valence-corrected chi connectivity index (χ3v) is 4.90. The maximum atomic E-state index is 13.9. The van der Waals surface area contributed by atoms with Gasteiger partial charge in [-0.2, -0.15) is 5.10 Å². The summed E-state index contributed by atoms with van der Waals surface area (Å²) in [5, 5.41) is 8.79. The molecule has 28 heavy (non-hydrogen) atoms. The van der Waals surface area contributed by atoms with Crippen molar-refractivity contribution in [3.63, 3.8) is 0 Å². The van der Waals surface area contributed by atoms with Gasteiger partial charge in [-0.3, -0.25) is 9.48 Å². The number of carbonyl (C=O) groups is 2. The van der Waals surface area contributed by atoms with Crippen molar-refractivity contribution in [2.24, 2.45) is 0 Å². The highest BCUT2D eigenvalue weighted by atomic mass is 32.1. The summed E-state index contributed by atoms with van der Waals surface area (Å²) in [7, 11) is 0. The number of anilines is 1. The Hall–Kier alpha value is -3.07. The molecule has 2 aromatic heterocycles. The fourth-order valence-corrected chi connectivity index (χ4v) is 3.25. The SMILES string of the molecule is CCOC(=O)C(C)(C)n1cc(NC(=O)c2csc(-c3ccccc3F)n2)cn1. The number of amides is 1. The fraction of sp³-hybridized carbons (Fsp3) is 0.263. The second kappa shape index (κ2) is 7.89. The summed E-state index contributed by atoms with van der Waals surface area (Å²) in [5.74, 6) is -1.27. The van der Waals surface area contributed by atoms with Gasteiger partial charge in [0.15, 0.2) is 5.54 Å². The molecule has 0 fully saturated rings. The average molecular weight is 402 g/mol. The number of hydrogen-bond donors (Lipinski definition) is 1. The van der Waals surface area contributed by atoms with Crippen molar-refractivity contribution in [3.05, 3.63) is 53.6 Å². The topological polar surface area (TPSA) is 86.1 Å². The van der Waals surface area contributed by atoms with Crippen molar-refractivity contribution >= 4 is 28.9 Å². The number of esters is 1. The molecule has 1 aromatic carbocycles. The molecular formula is C19H19FN4O3S. The van der Waals surface area contributed by atoms with E-state index in [1.807, 2.05) is 0 Å². The van der Waals surface area contributed by atoms with Gasteiger partial charge in [-0.15, -0.1) is 11.3 Å². The minimum Gasteiger partial charge on any atom is -0.464 e. The van der Waals surface area contributed by atoms with Crippen molar-refractivity contribution in [2.45, 2.75) is 26.3 Å². The standard InChI is InChI=1S/C19H19FN4O3S/c1-4-27-18(26)19(2,3)24-10-12(9-21-24)22-16(25)15-11-28-17(23-15)13-7-5-6-8-14(13)20/h5-11H,4H2,1-3H3,(H,22,25). The molecule has 0 aliphatic carbocycles. The predicted octanol–water partition coefficient (Wildman–Crippen LogP) is 3.70. The van der Waals surface area contributed by atoms with E-state index in [0.717, 1.165) is 0 Å². The first-order chi connectivity index (χ1) is 13.3. The van der Waals surface area contributed by atoms with Gasteiger partial charge in [0.05, 0.1) is 18.5 Å². The maximum absolute atomic E-state index is 13.9. The second-order valence-corrected chi connectivity index (χ2v) is 7.28. The summed E-state index contributed by atoms with van der Waals surface area (Å²) in [6.45, 7) is 5.34. The lowest BCUT2D eigenvalue weighted by molar-refractivity contribution is -0.152. The Morgan fingerprint density at radius 1 is 1.32 bits per heavy atom. The second-order valence-electron chi connectivity index (χ2n) is 6.42. The molecule has 9 heteroatoms. The van der Waals surface area contributed by atoms with Crippen molar-refractivity contribution in [3.8, 4) is 10.6 Å². The highest BCUT2D eigenvalue weighted by Crippen LogP contribution is 2.26. The van der Waals surface area contributed by atoms with E-state index in [9.17, 15) is 14.0 Å². The Kier molecular flexibility index (Phi) is 5.55. The van der Waals surface area contributed by atoms with Gasteiger partial charge in [0.1, 0.15) is 16.5 Å². The number of nitrogens with zero attached hydrogens (tertiary/aromatic N) is 3. The lowest BCUT2D eigenvalue weighted by atomic mass is 10.1. The van der Waals surface area contributed by atoms with Gasteiger partial charge in [-0.05, 0) is 32.9 Å². The number of thiazole rings is 1. The summed E-state index contributed by atoms with van der Waals surface area (Å²) in [5.41, 5.74) is -0.100. The number of rotatable bonds is 6. The number of carbonyl (C=O) groups excluding carboxylic acids is 2. The zero-order valence-electron chi connectivity index (χ0n) is 15.6. The first-order valence-corrected chi connectivity index (χ1v) is 9.45. The summed E-state index contributed by atoms with van der Waals surface area (Å²) < 4.78 is 20.4. The van der Waals surface area contributed by atoms with Crippen LogP contribution < -0.4 is 5.32 Å². The zero-order chi connectivity index (χ0) is 20.3. The summed E-state index contributed by atoms with van der Waals surface area (Å²) >= 11 is 1.18. The Balaban J connectivity index is 1.74. The molecule has 0 radical (unpaired) electrons. The molecule has 0 bridgehead atoms. The van der Waals surface area contributed by atoms with Crippen molar-refractivity contribution in [1.29, 1.82) is 0 Å². The molecule has 0 aliphatic rings. The van der Waals surface area contributed by atoms with Crippen LogP contribution in [0.5, 0.6) is 0 Å². The van der Waals surface area contributed by atoms with E-state index in [4.69, 9.17) is 4.74 Å². The first-order valence-electron chi connectivity index (χ1n) is 8.57. The average Bonchev–Trinajstić information content (AvgIpc) is 3.32. The number of aromatic nitrogens is 3. The normalized spacial score (nSPS) is 11.3. The van der Waals surface area contributed by atoms with Crippen molar-refractivity contribution < 1.29 is 18.7 Å². The largest absolute Gasteiger partial charge is 0.464 e. The van der Waals surface area contributed by atoms with Gasteiger partial charge in [0, 0.05) is 17.1 Å². The monoisotopic (exact) mass is 402 g/mol. The van der Waals surface area contributed by atoms with Gasteiger partial charge >= 0.3 is 5.97 Å². The van der Waals surface area contributed by atoms with Gasteiger partial charge in [-0.1, -0.05) is 12.1 Å². The smallest absolute Gasteiger partial charge is 0.333 e. The molecule has 0 saturated carbocycles. The molecule has 1 N–H and O–H groups in total. The molecule has 3 rings (SSSR count). The minimum absolute atomic E-state index is 0.167. The molecule has 0 aliphatic heterocycles. The Morgan fingerprint density at radius 3 is 2.79 bits per heavy atom. The van der Waals surface area contributed by atoms with Crippen LogP contribution in [0, 0.1) is 5.82 Å². The first kappa shape index (κ1) is 19.7. The Morgan fingerprint density at radius 2 is 2.07 bits per heavy atom. The molecule has 0 saturated heterocycles. The number of hydrogen-bond acceptors (Lipinski definition) is 6. The van der Waals surface area contributed by atoms with Gasteiger partial charge in [0.25, 0.3) is 5.91 Å². The van der Waals surface area contributed by atoms with Crippen LogP contribution in [0.1, 0.15) is 31.3 Å². The molecule has 146 valence electrons.